The summed E-state index contributed by atoms with van der Waals surface area (Å²) in [7, 11) is 0. The summed E-state index contributed by atoms with van der Waals surface area (Å²) in [6.07, 6.45) is -4.58. The Morgan fingerprint density at radius 3 is 2.59 bits per heavy atom. The fourth-order valence-corrected chi connectivity index (χ4v) is 3.03. The topological polar surface area (TPSA) is 65.2 Å². The second-order valence-corrected chi connectivity index (χ2v) is 5.99. The van der Waals surface area contributed by atoms with Crippen LogP contribution in [0.5, 0.6) is 0 Å². The number of anilines is 1. The number of halogens is 3. The maximum absolute atomic E-state index is 13.3. The van der Waals surface area contributed by atoms with Crippen LogP contribution in [0.25, 0.3) is 10.2 Å². The molecule has 0 saturated carbocycles. The summed E-state index contributed by atoms with van der Waals surface area (Å²) in [5.41, 5.74) is 4.97. The molecule has 2 aromatic heterocycles. The highest BCUT2D eigenvalue weighted by Gasteiger charge is 2.36. The van der Waals surface area contributed by atoms with Crippen molar-refractivity contribution in [3.63, 3.8) is 0 Å². The number of esters is 1. The summed E-state index contributed by atoms with van der Waals surface area (Å²) in [4.78, 5) is 16.1. The standard InChI is InChI=1S/C14H15F3N2O2S/c1-4-21-13(20)11-10(18)9-7(14(15,16)17)5-8(6(2)3)19-12(9)22-11/h5-6H,4,18H2,1-3H3. The van der Waals surface area contributed by atoms with Crippen molar-refractivity contribution in [3.8, 4) is 0 Å². The Hall–Kier alpha value is -1.83. The van der Waals surface area contributed by atoms with E-state index in [2.05, 4.69) is 4.98 Å². The number of thiophene rings is 1. The molecule has 0 atom stereocenters. The van der Waals surface area contributed by atoms with Gasteiger partial charge in [-0.1, -0.05) is 13.8 Å². The van der Waals surface area contributed by atoms with Gasteiger partial charge in [-0.25, -0.2) is 9.78 Å². The van der Waals surface area contributed by atoms with E-state index < -0.39 is 17.7 Å². The number of nitrogens with zero attached hydrogens (tertiary/aromatic N) is 1. The summed E-state index contributed by atoms with van der Waals surface area (Å²) < 4.78 is 44.7. The molecule has 0 bridgehead atoms. The summed E-state index contributed by atoms with van der Waals surface area (Å²) in [5, 5.41) is -0.232. The molecule has 2 rings (SSSR count). The highest BCUT2D eigenvalue weighted by atomic mass is 32.1. The Morgan fingerprint density at radius 1 is 1.45 bits per heavy atom. The van der Waals surface area contributed by atoms with Crippen LogP contribution in [0.4, 0.5) is 18.9 Å². The van der Waals surface area contributed by atoms with Gasteiger partial charge in [0.1, 0.15) is 9.71 Å². The molecule has 0 fully saturated rings. The van der Waals surface area contributed by atoms with Gasteiger partial charge in [-0.3, -0.25) is 0 Å². The van der Waals surface area contributed by atoms with Crippen molar-refractivity contribution in [2.45, 2.75) is 32.9 Å². The van der Waals surface area contributed by atoms with Crippen LogP contribution in [0.15, 0.2) is 6.07 Å². The molecule has 0 aromatic carbocycles. The molecule has 2 heterocycles. The van der Waals surface area contributed by atoms with Crippen molar-refractivity contribution in [2.75, 3.05) is 12.3 Å². The van der Waals surface area contributed by atoms with E-state index in [-0.39, 0.29) is 33.3 Å². The van der Waals surface area contributed by atoms with Gasteiger partial charge in [0.15, 0.2) is 0 Å². The molecular weight excluding hydrogens is 317 g/mol. The van der Waals surface area contributed by atoms with Gasteiger partial charge in [0, 0.05) is 11.1 Å². The van der Waals surface area contributed by atoms with Crippen molar-refractivity contribution >= 4 is 33.2 Å². The Balaban J connectivity index is 2.78. The van der Waals surface area contributed by atoms with E-state index in [1.807, 2.05) is 0 Å². The van der Waals surface area contributed by atoms with Gasteiger partial charge in [-0.2, -0.15) is 13.2 Å². The number of carbonyl (C=O) groups excluding carboxylic acids is 1. The molecule has 0 unspecified atom stereocenters. The fourth-order valence-electron chi connectivity index (χ4n) is 2.01. The minimum atomic E-state index is -4.58. The van der Waals surface area contributed by atoms with E-state index in [1.165, 1.54) is 0 Å². The van der Waals surface area contributed by atoms with Gasteiger partial charge >= 0.3 is 12.1 Å². The zero-order valence-electron chi connectivity index (χ0n) is 12.2. The van der Waals surface area contributed by atoms with Crippen LogP contribution in [0.2, 0.25) is 0 Å². The van der Waals surface area contributed by atoms with Crippen molar-refractivity contribution < 1.29 is 22.7 Å². The third kappa shape index (κ3) is 2.87. The molecule has 0 spiro atoms. The number of alkyl halides is 3. The first-order chi connectivity index (χ1) is 10.2. The first-order valence-corrected chi connectivity index (χ1v) is 7.45. The molecule has 22 heavy (non-hydrogen) atoms. The number of rotatable bonds is 3. The number of nitrogen functional groups attached to an aromatic ring is 1. The number of hydrogen-bond acceptors (Lipinski definition) is 5. The predicted molar refractivity (Wildman–Crippen MR) is 79.1 cm³/mol. The van der Waals surface area contributed by atoms with E-state index in [0.717, 1.165) is 17.4 Å². The minimum absolute atomic E-state index is 0.0456. The lowest BCUT2D eigenvalue weighted by atomic mass is 10.0. The van der Waals surface area contributed by atoms with Crippen LogP contribution in [0.1, 0.15) is 47.6 Å². The van der Waals surface area contributed by atoms with E-state index in [1.54, 1.807) is 20.8 Å². The van der Waals surface area contributed by atoms with E-state index in [9.17, 15) is 18.0 Å². The molecular formula is C14H15F3N2O2S. The van der Waals surface area contributed by atoms with E-state index in [0.29, 0.717) is 5.69 Å². The monoisotopic (exact) mass is 332 g/mol. The van der Waals surface area contributed by atoms with Crippen LogP contribution in [0, 0.1) is 0 Å². The predicted octanol–water partition coefficient (Wildman–Crippen LogP) is 4.20. The molecule has 8 heteroatoms. The average molecular weight is 332 g/mol. The molecule has 0 aliphatic heterocycles. The van der Waals surface area contributed by atoms with Crippen LogP contribution < -0.4 is 5.73 Å². The number of nitrogens with two attached hydrogens (primary N) is 1. The summed E-state index contributed by atoms with van der Waals surface area (Å²) >= 11 is 0.823. The van der Waals surface area contributed by atoms with Crippen LogP contribution in [-0.2, 0) is 10.9 Å². The number of pyridine rings is 1. The summed E-state index contributed by atoms with van der Waals surface area (Å²) in [6, 6.07) is 0.991. The molecule has 2 aromatic rings. The molecule has 4 nitrogen and oxygen atoms in total. The fraction of sp³-hybridized carbons (Fsp3) is 0.429. The zero-order chi connectivity index (χ0) is 16.7. The van der Waals surface area contributed by atoms with Gasteiger partial charge in [-0.05, 0) is 18.9 Å². The number of aromatic nitrogens is 1. The Bertz CT molecular complexity index is 723. The highest BCUT2D eigenvalue weighted by Crippen LogP contribution is 2.43. The quantitative estimate of drug-likeness (QED) is 0.856. The first kappa shape index (κ1) is 16.5. The van der Waals surface area contributed by atoms with Crippen LogP contribution in [0.3, 0.4) is 0 Å². The lowest BCUT2D eigenvalue weighted by Crippen LogP contribution is -2.09. The Morgan fingerprint density at radius 2 is 2.09 bits per heavy atom. The van der Waals surface area contributed by atoms with Gasteiger partial charge in [-0.15, -0.1) is 11.3 Å². The van der Waals surface area contributed by atoms with E-state index >= 15 is 0 Å². The van der Waals surface area contributed by atoms with Crippen LogP contribution in [-0.4, -0.2) is 17.6 Å². The highest BCUT2D eigenvalue weighted by molar-refractivity contribution is 7.21. The SMILES string of the molecule is CCOC(=O)c1sc2nc(C(C)C)cc(C(F)(F)F)c2c1N. The Labute approximate surface area is 129 Å². The third-order valence-electron chi connectivity index (χ3n) is 3.08. The number of hydrogen-bond donors (Lipinski definition) is 1. The van der Waals surface area contributed by atoms with Crippen LogP contribution >= 0.6 is 11.3 Å². The largest absolute Gasteiger partial charge is 0.462 e. The normalized spacial score (nSPS) is 12.1. The smallest absolute Gasteiger partial charge is 0.417 e. The van der Waals surface area contributed by atoms with Gasteiger partial charge < -0.3 is 10.5 Å². The van der Waals surface area contributed by atoms with Crippen molar-refractivity contribution in [1.29, 1.82) is 0 Å². The van der Waals surface area contributed by atoms with Crippen molar-refractivity contribution in [2.24, 2.45) is 0 Å². The zero-order valence-corrected chi connectivity index (χ0v) is 13.1. The second-order valence-electron chi connectivity index (χ2n) is 4.99. The van der Waals surface area contributed by atoms with E-state index in [4.69, 9.17) is 10.5 Å². The molecule has 0 aliphatic rings. The molecule has 120 valence electrons. The van der Waals surface area contributed by atoms with Crippen molar-refractivity contribution in [3.05, 3.63) is 22.2 Å². The first-order valence-electron chi connectivity index (χ1n) is 6.64. The third-order valence-corrected chi connectivity index (χ3v) is 4.16. The lowest BCUT2D eigenvalue weighted by molar-refractivity contribution is -0.136. The maximum Gasteiger partial charge on any atom is 0.417 e. The summed E-state index contributed by atoms with van der Waals surface area (Å²) in [6.45, 7) is 5.22. The minimum Gasteiger partial charge on any atom is -0.462 e. The number of fused-ring (bicyclic) bond motifs is 1. The van der Waals surface area contributed by atoms with Gasteiger partial charge in [0.2, 0.25) is 0 Å². The molecule has 0 amide bonds. The maximum atomic E-state index is 13.3. The van der Waals surface area contributed by atoms with Gasteiger partial charge in [0.25, 0.3) is 0 Å². The average Bonchev–Trinajstić information content (AvgIpc) is 2.74. The Kier molecular flexibility index (Phi) is 4.32. The van der Waals surface area contributed by atoms with Crippen molar-refractivity contribution in [1.82, 2.24) is 4.98 Å². The molecule has 0 saturated heterocycles. The van der Waals surface area contributed by atoms with Gasteiger partial charge in [0.05, 0.1) is 17.9 Å². The number of ether oxygens (including phenoxy) is 1. The molecule has 2 N–H and O–H groups in total. The molecule has 0 radical (unpaired) electrons. The second kappa shape index (κ2) is 5.75. The summed E-state index contributed by atoms with van der Waals surface area (Å²) in [5.74, 6) is -0.915. The number of carbonyl (C=O) groups is 1. The molecule has 0 aliphatic carbocycles. The lowest BCUT2D eigenvalue weighted by Gasteiger charge is -2.12.